The molecule has 0 aliphatic carbocycles. The third-order valence-corrected chi connectivity index (χ3v) is 3.57. The maximum atomic E-state index is 10.6. The normalized spacial score (nSPS) is 15.0. The number of nitro benzene ring substituents is 1. The number of benzene rings is 2. The minimum atomic E-state index is -0.439. The lowest BCUT2D eigenvalue weighted by Gasteiger charge is -2.28. The topological polar surface area (TPSA) is 80.3 Å². The fourth-order valence-corrected chi connectivity index (χ4v) is 2.31. The molecule has 0 unspecified atom stereocenters. The average molecular weight is 312 g/mol. The van der Waals surface area contributed by atoms with Crippen molar-refractivity contribution in [2.45, 2.75) is 0 Å². The number of nitro groups is 1. The number of nitrogens with zero attached hydrogens (tertiary/aromatic N) is 4. The third kappa shape index (κ3) is 3.89. The summed E-state index contributed by atoms with van der Waals surface area (Å²) in [6.45, 7) is 3.29. The van der Waals surface area contributed by atoms with Gasteiger partial charge in [0.15, 0.2) is 0 Å². The number of rotatable bonds is 4. The summed E-state index contributed by atoms with van der Waals surface area (Å²) in [4.78, 5) is 12.4. The number of azo groups is 1. The quantitative estimate of drug-likeness (QED) is 0.488. The van der Waals surface area contributed by atoms with Gasteiger partial charge in [-0.1, -0.05) is 0 Å². The summed E-state index contributed by atoms with van der Waals surface area (Å²) < 4.78 is 5.34. The lowest BCUT2D eigenvalue weighted by molar-refractivity contribution is -0.384. The van der Waals surface area contributed by atoms with E-state index in [1.807, 2.05) is 24.3 Å². The second-order valence-electron chi connectivity index (χ2n) is 5.09. The first-order valence-corrected chi connectivity index (χ1v) is 7.31. The molecule has 0 atom stereocenters. The van der Waals surface area contributed by atoms with E-state index in [4.69, 9.17) is 4.74 Å². The Kier molecular flexibility index (Phi) is 4.58. The van der Waals surface area contributed by atoms with Gasteiger partial charge in [-0.3, -0.25) is 10.1 Å². The molecule has 0 aromatic heterocycles. The third-order valence-electron chi connectivity index (χ3n) is 3.57. The molecule has 7 nitrogen and oxygen atoms in total. The maximum absolute atomic E-state index is 10.6. The molecule has 0 spiro atoms. The van der Waals surface area contributed by atoms with Crippen molar-refractivity contribution in [2.75, 3.05) is 31.2 Å². The van der Waals surface area contributed by atoms with E-state index in [0.717, 1.165) is 37.7 Å². The van der Waals surface area contributed by atoms with Crippen LogP contribution in [0.25, 0.3) is 0 Å². The second-order valence-corrected chi connectivity index (χ2v) is 5.09. The van der Waals surface area contributed by atoms with E-state index < -0.39 is 4.92 Å². The van der Waals surface area contributed by atoms with E-state index in [1.165, 1.54) is 12.1 Å². The van der Waals surface area contributed by atoms with E-state index in [1.54, 1.807) is 12.1 Å². The first-order chi connectivity index (χ1) is 11.2. The lowest BCUT2D eigenvalue weighted by atomic mass is 10.2. The van der Waals surface area contributed by atoms with Crippen molar-refractivity contribution in [2.24, 2.45) is 10.2 Å². The van der Waals surface area contributed by atoms with Gasteiger partial charge in [-0.25, -0.2) is 0 Å². The van der Waals surface area contributed by atoms with Gasteiger partial charge in [0.25, 0.3) is 5.69 Å². The average Bonchev–Trinajstić information content (AvgIpc) is 2.61. The van der Waals surface area contributed by atoms with Gasteiger partial charge in [-0.05, 0) is 36.4 Å². The molecule has 1 aliphatic rings. The molecule has 0 radical (unpaired) electrons. The summed E-state index contributed by atoms with van der Waals surface area (Å²) in [5.74, 6) is 0. The summed E-state index contributed by atoms with van der Waals surface area (Å²) in [5, 5.41) is 18.8. The molecule has 2 aromatic rings. The first kappa shape index (κ1) is 15.1. The van der Waals surface area contributed by atoms with Crippen LogP contribution in [0.4, 0.5) is 22.7 Å². The monoisotopic (exact) mass is 312 g/mol. The fourth-order valence-electron chi connectivity index (χ4n) is 2.31. The Hall–Kier alpha value is -2.80. The number of ether oxygens (including phenoxy) is 1. The predicted octanol–water partition coefficient (Wildman–Crippen LogP) is 3.85. The van der Waals surface area contributed by atoms with Gasteiger partial charge in [0.1, 0.15) is 0 Å². The SMILES string of the molecule is O=[N+]([O-])c1ccc(N=Nc2ccc(N3CCOCC3)cc2)cc1. The highest BCUT2D eigenvalue weighted by Crippen LogP contribution is 2.24. The highest BCUT2D eigenvalue weighted by atomic mass is 16.6. The van der Waals surface area contributed by atoms with Crippen molar-refractivity contribution in [3.8, 4) is 0 Å². The number of anilines is 1. The molecule has 1 saturated heterocycles. The van der Waals surface area contributed by atoms with Crippen molar-refractivity contribution < 1.29 is 9.66 Å². The van der Waals surface area contributed by atoms with Crippen LogP contribution in [0.1, 0.15) is 0 Å². The summed E-state index contributed by atoms with van der Waals surface area (Å²) >= 11 is 0. The summed E-state index contributed by atoms with van der Waals surface area (Å²) in [7, 11) is 0. The van der Waals surface area contributed by atoms with Crippen LogP contribution < -0.4 is 4.90 Å². The van der Waals surface area contributed by atoms with E-state index in [2.05, 4.69) is 15.1 Å². The van der Waals surface area contributed by atoms with Crippen LogP contribution in [-0.4, -0.2) is 31.2 Å². The van der Waals surface area contributed by atoms with Gasteiger partial charge in [-0.15, -0.1) is 0 Å². The molecule has 3 rings (SSSR count). The van der Waals surface area contributed by atoms with E-state index >= 15 is 0 Å². The van der Waals surface area contributed by atoms with Crippen LogP contribution in [0.15, 0.2) is 58.8 Å². The van der Waals surface area contributed by atoms with E-state index in [0.29, 0.717) is 5.69 Å². The number of non-ortho nitro benzene ring substituents is 1. The van der Waals surface area contributed by atoms with Crippen molar-refractivity contribution in [3.05, 3.63) is 58.6 Å². The molecule has 2 aromatic carbocycles. The van der Waals surface area contributed by atoms with Crippen molar-refractivity contribution >= 4 is 22.7 Å². The molecule has 0 bridgehead atoms. The Labute approximate surface area is 133 Å². The molecular formula is C16H16N4O3. The minimum Gasteiger partial charge on any atom is -0.378 e. The maximum Gasteiger partial charge on any atom is 0.269 e. The van der Waals surface area contributed by atoms with Crippen LogP contribution in [0.2, 0.25) is 0 Å². The molecule has 1 heterocycles. The van der Waals surface area contributed by atoms with Gasteiger partial charge in [-0.2, -0.15) is 10.2 Å². The predicted molar refractivity (Wildman–Crippen MR) is 86.7 cm³/mol. The second kappa shape index (κ2) is 6.97. The Balaban J connectivity index is 1.66. The van der Waals surface area contributed by atoms with Crippen LogP contribution in [0.5, 0.6) is 0 Å². The molecule has 118 valence electrons. The molecule has 0 saturated carbocycles. The number of hydrogen-bond acceptors (Lipinski definition) is 6. The largest absolute Gasteiger partial charge is 0.378 e. The number of morpholine rings is 1. The zero-order chi connectivity index (χ0) is 16.1. The van der Waals surface area contributed by atoms with Crippen molar-refractivity contribution in [1.82, 2.24) is 0 Å². The Morgan fingerprint density at radius 1 is 0.913 bits per heavy atom. The molecule has 1 fully saturated rings. The lowest BCUT2D eigenvalue weighted by Crippen LogP contribution is -2.36. The van der Waals surface area contributed by atoms with E-state index in [9.17, 15) is 10.1 Å². The zero-order valence-corrected chi connectivity index (χ0v) is 12.5. The zero-order valence-electron chi connectivity index (χ0n) is 12.5. The van der Waals surface area contributed by atoms with Gasteiger partial charge < -0.3 is 9.64 Å². The van der Waals surface area contributed by atoms with E-state index in [-0.39, 0.29) is 5.69 Å². The van der Waals surface area contributed by atoms with Gasteiger partial charge >= 0.3 is 0 Å². The van der Waals surface area contributed by atoms with Gasteiger partial charge in [0, 0.05) is 30.9 Å². The van der Waals surface area contributed by atoms with Crippen LogP contribution >= 0.6 is 0 Å². The Bertz CT molecular complexity index is 692. The molecule has 0 amide bonds. The van der Waals surface area contributed by atoms with Gasteiger partial charge in [0.05, 0.1) is 29.5 Å². The summed E-state index contributed by atoms with van der Waals surface area (Å²) in [6.07, 6.45) is 0. The standard InChI is InChI=1S/C16H16N4O3/c21-20(22)16-7-3-14(4-8-16)18-17-13-1-5-15(6-2-13)19-9-11-23-12-10-19/h1-8H,9-12H2. The fraction of sp³-hybridized carbons (Fsp3) is 0.250. The summed E-state index contributed by atoms with van der Waals surface area (Å²) in [5.41, 5.74) is 2.50. The highest BCUT2D eigenvalue weighted by molar-refractivity contribution is 5.53. The smallest absolute Gasteiger partial charge is 0.269 e. The van der Waals surface area contributed by atoms with Crippen molar-refractivity contribution in [3.63, 3.8) is 0 Å². The minimum absolute atomic E-state index is 0.0406. The molecule has 23 heavy (non-hydrogen) atoms. The summed E-state index contributed by atoms with van der Waals surface area (Å²) in [6, 6.07) is 13.8. The Morgan fingerprint density at radius 3 is 1.96 bits per heavy atom. The molecule has 7 heteroatoms. The number of hydrogen-bond donors (Lipinski definition) is 0. The van der Waals surface area contributed by atoms with Crippen LogP contribution in [-0.2, 0) is 4.74 Å². The van der Waals surface area contributed by atoms with Crippen molar-refractivity contribution in [1.29, 1.82) is 0 Å². The van der Waals surface area contributed by atoms with Crippen LogP contribution in [0, 0.1) is 10.1 Å². The van der Waals surface area contributed by atoms with Gasteiger partial charge in [0.2, 0.25) is 0 Å². The highest BCUT2D eigenvalue weighted by Gasteiger charge is 2.10. The first-order valence-electron chi connectivity index (χ1n) is 7.31. The van der Waals surface area contributed by atoms with Crippen LogP contribution in [0.3, 0.4) is 0 Å². The Morgan fingerprint density at radius 2 is 1.43 bits per heavy atom. The molecule has 0 N–H and O–H groups in total. The molecule has 1 aliphatic heterocycles. The molecular weight excluding hydrogens is 296 g/mol.